The van der Waals surface area contributed by atoms with Crippen LogP contribution in [0.1, 0.15) is 32.6 Å². The quantitative estimate of drug-likeness (QED) is 0.904. The van der Waals surface area contributed by atoms with Crippen LogP contribution in [0.3, 0.4) is 0 Å². The third-order valence-corrected chi connectivity index (χ3v) is 6.12. The minimum absolute atomic E-state index is 0.109. The van der Waals surface area contributed by atoms with E-state index in [1.807, 2.05) is 19.9 Å². The van der Waals surface area contributed by atoms with Gasteiger partial charge >= 0.3 is 0 Å². The van der Waals surface area contributed by atoms with Crippen LogP contribution in [0.15, 0.2) is 16.3 Å². The van der Waals surface area contributed by atoms with Crippen LogP contribution in [0.2, 0.25) is 0 Å². The van der Waals surface area contributed by atoms with Gasteiger partial charge in [-0.15, -0.1) is 11.3 Å². The van der Waals surface area contributed by atoms with E-state index in [1.165, 1.54) is 12.1 Å². The molecule has 0 aliphatic rings. The molecule has 0 amide bonds. The van der Waals surface area contributed by atoms with Crippen molar-refractivity contribution in [3.05, 3.63) is 17.0 Å². The van der Waals surface area contributed by atoms with E-state index in [0.717, 1.165) is 11.3 Å². The fourth-order valence-electron chi connectivity index (χ4n) is 1.08. The Labute approximate surface area is 113 Å². The number of nitriles is 1. The minimum atomic E-state index is -3.50. The van der Waals surface area contributed by atoms with Gasteiger partial charge in [-0.2, -0.15) is 5.26 Å². The van der Waals surface area contributed by atoms with Gasteiger partial charge in [-0.05, 0) is 23.5 Å². The number of nitrogens with zero attached hydrogens (tertiary/aromatic N) is 1. The van der Waals surface area contributed by atoms with Crippen molar-refractivity contribution < 1.29 is 8.42 Å². The number of sulfonamides is 1. The molecular weight excluding hydrogens is 268 g/mol. The Hall–Kier alpha value is -0.900. The topological polar surface area (TPSA) is 70.0 Å². The van der Waals surface area contributed by atoms with E-state index in [9.17, 15) is 8.42 Å². The van der Waals surface area contributed by atoms with Crippen LogP contribution in [0.4, 0.5) is 0 Å². The molecule has 0 aromatic carbocycles. The highest BCUT2D eigenvalue weighted by Crippen LogP contribution is 2.26. The van der Waals surface area contributed by atoms with Crippen LogP contribution < -0.4 is 4.72 Å². The second-order valence-electron chi connectivity index (χ2n) is 5.20. The van der Waals surface area contributed by atoms with Crippen molar-refractivity contribution in [2.75, 3.05) is 6.54 Å². The van der Waals surface area contributed by atoms with Gasteiger partial charge in [0.05, 0.1) is 0 Å². The molecule has 0 bridgehead atoms. The normalized spacial score (nSPS) is 12.7. The third-order valence-electron chi connectivity index (χ3n) is 3.24. The zero-order valence-electron chi connectivity index (χ0n) is 11.0. The first-order valence-corrected chi connectivity index (χ1v) is 7.98. The Bertz CT molecular complexity index is 551. The molecule has 0 radical (unpaired) electrons. The highest BCUT2D eigenvalue weighted by molar-refractivity contribution is 7.91. The van der Waals surface area contributed by atoms with E-state index in [0.29, 0.717) is 17.3 Å². The number of rotatable bonds is 5. The summed E-state index contributed by atoms with van der Waals surface area (Å²) in [4.78, 5) is 0.401. The van der Waals surface area contributed by atoms with Crippen LogP contribution in [0.25, 0.3) is 0 Å². The van der Waals surface area contributed by atoms with Crippen LogP contribution in [0.5, 0.6) is 0 Å². The Morgan fingerprint density at radius 3 is 2.50 bits per heavy atom. The Balaban J connectivity index is 2.81. The maximum Gasteiger partial charge on any atom is 0.250 e. The average Bonchev–Trinajstić information content (AvgIpc) is 2.75. The number of nitrogens with one attached hydrogen (secondary N) is 1. The molecule has 1 rings (SSSR count). The molecule has 0 fully saturated rings. The summed E-state index contributed by atoms with van der Waals surface area (Å²) in [6, 6.07) is 4.92. The molecule has 0 aliphatic carbocycles. The van der Waals surface area contributed by atoms with Crippen molar-refractivity contribution in [3.63, 3.8) is 0 Å². The molecule has 18 heavy (non-hydrogen) atoms. The van der Waals surface area contributed by atoms with Crippen LogP contribution in [-0.2, 0) is 10.0 Å². The zero-order valence-corrected chi connectivity index (χ0v) is 12.7. The molecule has 4 nitrogen and oxygen atoms in total. The molecule has 6 heteroatoms. The third kappa shape index (κ3) is 3.55. The van der Waals surface area contributed by atoms with Gasteiger partial charge in [-0.1, -0.05) is 27.7 Å². The lowest BCUT2D eigenvalue weighted by molar-refractivity contribution is 0.252. The van der Waals surface area contributed by atoms with Gasteiger partial charge in [-0.25, -0.2) is 13.1 Å². The Morgan fingerprint density at radius 2 is 2.06 bits per heavy atom. The summed E-state index contributed by atoms with van der Waals surface area (Å²) in [5, 5.41) is 8.69. The lowest BCUT2D eigenvalue weighted by atomic mass is 9.81. The summed E-state index contributed by atoms with van der Waals surface area (Å²) in [6.45, 7) is 8.55. The van der Waals surface area contributed by atoms with E-state index < -0.39 is 10.0 Å². The van der Waals surface area contributed by atoms with E-state index in [2.05, 4.69) is 18.6 Å². The van der Waals surface area contributed by atoms with E-state index in [-0.39, 0.29) is 9.62 Å². The van der Waals surface area contributed by atoms with Gasteiger partial charge in [0, 0.05) is 6.54 Å². The van der Waals surface area contributed by atoms with Crippen molar-refractivity contribution in [1.29, 1.82) is 5.26 Å². The summed E-state index contributed by atoms with van der Waals surface area (Å²) in [5.74, 6) is 0.373. The van der Waals surface area contributed by atoms with Gasteiger partial charge in [0.1, 0.15) is 15.2 Å². The largest absolute Gasteiger partial charge is 0.250 e. The fraction of sp³-hybridized carbons (Fsp3) is 0.583. The van der Waals surface area contributed by atoms with Crippen molar-refractivity contribution >= 4 is 21.4 Å². The van der Waals surface area contributed by atoms with Crippen LogP contribution in [-0.4, -0.2) is 15.0 Å². The molecule has 0 saturated heterocycles. The number of hydrogen-bond acceptors (Lipinski definition) is 4. The smallest absolute Gasteiger partial charge is 0.210 e. The van der Waals surface area contributed by atoms with E-state index >= 15 is 0 Å². The predicted molar refractivity (Wildman–Crippen MR) is 72.8 cm³/mol. The predicted octanol–water partition coefficient (Wildman–Crippen LogP) is 2.58. The summed E-state index contributed by atoms with van der Waals surface area (Å²) in [5.41, 5.74) is -0.109. The van der Waals surface area contributed by atoms with E-state index in [1.54, 1.807) is 0 Å². The maximum atomic E-state index is 12.0. The molecule has 1 N–H and O–H groups in total. The lowest BCUT2D eigenvalue weighted by Gasteiger charge is -2.29. The first kappa shape index (κ1) is 15.2. The molecular formula is C12H18N2O2S2. The molecule has 1 aromatic rings. The second kappa shape index (κ2) is 5.39. The molecule has 0 saturated carbocycles. The molecule has 0 spiro atoms. The minimum Gasteiger partial charge on any atom is -0.210 e. The number of hydrogen-bond donors (Lipinski definition) is 1. The van der Waals surface area contributed by atoms with Crippen molar-refractivity contribution in [2.45, 2.75) is 31.9 Å². The fourth-order valence-corrected chi connectivity index (χ4v) is 3.45. The van der Waals surface area contributed by atoms with Crippen molar-refractivity contribution in [1.82, 2.24) is 4.72 Å². The maximum absolute atomic E-state index is 12.0. The number of thiophene rings is 1. The molecule has 1 aromatic heterocycles. The SMILES string of the molecule is CC(C)C(C)(C)CNS(=O)(=O)c1ccc(C#N)s1. The highest BCUT2D eigenvalue weighted by Gasteiger charge is 2.26. The standard InChI is InChI=1S/C12H18N2O2S2/c1-9(2)12(3,4)8-14-18(15,16)11-6-5-10(7-13)17-11/h5-6,9,14H,8H2,1-4H3. The van der Waals surface area contributed by atoms with Crippen molar-refractivity contribution in [2.24, 2.45) is 11.3 Å². The van der Waals surface area contributed by atoms with Crippen LogP contribution in [0, 0.1) is 22.7 Å². The summed E-state index contributed by atoms with van der Waals surface area (Å²) in [7, 11) is -3.50. The summed E-state index contributed by atoms with van der Waals surface area (Å²) >= 11 is 0.987. The zero-order chi connectivity index (χ0) is 14.0. The monoisotopic (exact) mass is 286 g/mol. The van der Waals surface area contributed by atoms with Gasteiger partial charge in [0.15, 0.2) is 0 Å². The average molecular weight is 286 g/mol. The second-order valence-corrected chi connectivity index (χ2v) is 8.28. The lowest BCUT2D eigenvalue weighted by Crippen LogP contribution is -2.36. The Kier molecular flexibility index (Phi) is 4.54. The first-order chi connectivity index (χ1) is 8.19. The molecule has 1 heterocycles. The summed E-state index contributed by atoms with van der Waals surface area (Å²) in [6.07, 6.45) is 0. The van der Waals surface area contributed by atoms with Crippen molar-refractivity contribution in [3.8, 4) is 6.07 Å². The summed E-state index contributed by atoms with van der Waals surface area (Å²) < 4.78 is 26.8. The highest BCUT2D eigenvalue weighted by atomic mass is 32.2. The van der Waals surface area contributed by atoms with Gasteiger partial charge in [0.2, 0.25) is 10.0 Å². The van der Waals surface area contributed by atoms with E-state index in [4.69, 9.17) is 5.26 Å². The van der Waals surface area contributed by atoms with Crippen LogP contribution >= 0.6 is 11.3 Å². The molecule has 0 aliphatic heterocycles. The van der Waals surface area contributed by atoms with Gasteiger partial charge in [0.25, 0.3) is 0 Å². The Morgan fingerprint density at radius 1 is 1.44 bits per heavy atom. The molecule has 100 valence electrons. The first-order valence-electron chi connectivity index (χ1n) is 5.68. The molecule has 0 atom stereocenters. The molecule has 0 unspecified atom stereocenters. The van der Waals surface area contributed by atoms with Gasteiger partial charge in [-0.3, -0.25) is 0 Å². The van der Waals surface area contributed by atoms with Gasteiger partial charge < -0.3 is 0 Å².